The fraction of sp³-hybridized carbons (Fsp3) is 1.00. The second kappa shape index (κ2) is 3.35. The maximum atomic E-state index is 9.94. The van der Waals surface area contributed by atoms with Crippen molar-refractivity contribution in [3.8, 4) is 0 Å². The van der Waals surface area contributed by atoms with E-state index in [0.29, 0.717) is 0 Å². The Bertz CT molecular complexity index is 144. The van der Waals surface area contributed by atoms with E-state index in [1.54, 1.807) is 0 Å². The third kappa shape index (κ3) is 1.38. The van der Waals surface area contributed by atoms with E-state index in [-0.39, 0.29) is 11.5 Å². The first-order valence-electron chi connectivity index (χ1n) is 5.22. The fourth-order valence-corrected chi connectivity index (χ4v) is 2.78. The van der Waals surface area contributed by atoms with Gasteiger partial charge >= 0.3 is 0 Å². The third-order valence-electron chi connectivity index (χ3n) is 3.61. The number of piperidine rings is 1. The first kappa shape index (κ1) is 8.52. The van der Waals surface area contributed by atoms with Gasteiger partial charge in [0.1, 0.15) is 0 Å². The van der Waals surface area contributed by atoms with Gasteiger partial charge in [-0.2, -0.15) is 0 Å². The lowest BCUT2D eigenvalue weighted by Crippen LogP contribution is -2.49. The van der Waals surface area contributed by atoms with Crippen LogP contribution in [0.2, 0.25) is 0 Å². The van der Waals surface area contributed by atoms with E-state index in [2.05, 4.69) is 5.32 Å². The molecule has 2 nitrogen and oxygen atoms in total. The van der Waals surface area contributed by atoms with Gasteiger partial charge in [0.25, 0.3) is 0 Å². The summed E-state index contributed by atoms with van der Waals surface area (Å²) in [5, 5.41) is 13.4. The summed E-state index contributed by atoms with van der Waals surface area (Å²) >= 11 is 0. The molecular formula is C10H19NO. The lowest BCUT2D eigenvalue weighted by molar-refractivity contribution is -0.0271. The Morgan fingerprint density at radius 2 is 2.00 bits per heavy atom. The van der Waals surface area contributed by atoms with Crippen LogP contribution in [0.1, 0.15) is 38.5 Å². The van der Waals surface area contributed by atoms with E-state index in [1.165, 1.54) is 32.1 Å². The summed E-state index contributed by atoms with van der Waals surface area (Å²) in [6.45, 7) is 2.20. The van der Waals surface area contributed by atoms with Gasteiger partial charge < -0.3 is 10.4 Å². The summed E-state index contributed by atoms with van der Waals surface area (Å²) in [6, 6.07) is 0. The minimum Gasteiger partial charge on any atom is -0.393 e. The van der Waals surface area contributed by atoms with Gasteiger partial charge in [-0.1, -0.05) is 12.8 Å². The maximum absolute atomic E-state index is 9.94. The summed E-state index contributed by atoms with van der Waals surface area (Å²) in [7, 11) is 0. The van der Waals surface area contributed by atoms with Crippen LogP contribution < -0.4 is 5.32 Å². The Kier molecular flexibility index (Phi) is 2.37. The Morgan fingerprint density at radius 3 is 2.67 bits per heavy atom. The van der Waals surface area contributed by atoms with Crippen LogP contribution in [0.25, 0.3) is 0 Å². The molecule has 1 aliphatic carbocycles. The average molecular weight is 169 g/mol. The van der Waals surface area contributed by atoms with Gasteiger partial charge in [0.05, 0.1) is 6.10 Å². The van der Waals surface area contributed by atoms with Gasteiger partial charge in [0.15, 0.2) is 0 Å². The molecule has 1 spiro atoms. The first-order valence-corrected chi connectivity index (χ1v) is 5.22. The van der Waals surface area contributed by atoms with Gasteiger partial charge in [-0.3, -0.25) is 0 Å². The quantitative estimate of drug-likeness (QED) is 0.572. The Hall–Kier alpha value is -0.0800. The number of hydrogen-bond donors (Lipinski definition) is 2. The van der Waals surface area contributed by atoms with Crippen molar-refractivity contribution in [1.29, 1.82) is 0 Å². The topological polar surface area (TPSA) is 32.3 Å². The molecule has 0 unspecified atom stereocenters. The Balaban J connectivity index is 2.04. The fourth-order valence-electron chi connectivity index (χ4n) is 2.78. The third-order valence-corrected chi connectivity index (χ3v) is 3.61. The minimum absolute atomic E-state index is 0.0287. The molecule has 2 aliphatic rings. The highest BCUT2D eigenvalue weighted by Crippen LogP contribution is 2.41. The normalized spacial score (nSPS) is 43.2. The molecule has 12 heavy (non-hydrogen) atoms. The van der Waals surface area contributed by atoms with Gasteiger partial charge in [0, 0.05) is 12.0 Å². The largest absolute Gasteiger partial charge is 0.393 e. The number of nitrogens with one attached hydrogen (secondary N) is 1. The Morgan fingerprint density at radius 1 is 1.17 bits per heavy atom. The molecule has 2 fully saturated rings. The molecule has 2 N–H and O–H groups in total. The molecule has 0 aromatic carbocycles. The van der Waals surface area contributed by atoms with E-state index in [0.717, 1.165) is 19.5 Å². The predicted molar refractivity (Wildman–Crippen MR) is 49.0 cm³/mol. The standard InChI is InChI=1S/C10H19NO/c12-9-4-1-2-5-10(9)6-3-7-11-8-10/h9,11-12H,1-8H2/t9-,10+/m0/s1. The SMILES string of the molecule is O[C@H]1CCCC[C@]12CCCNC2. The summed E-state index contributed by atoms with van der Waals surface area (Å²) in [5.74, 6) is 0. The van der Waals surface area contributed by atoms with Gasteiger partial charge in [-0.15, -0.1) is 0 Å². The van der Waals surface area contributed by atoms with Crippen LogP contribution in [0, 0.1) is 5.41 Å². The van der Waals surface area contributed by atoms with Crippen molar-refractivity contribution in [2.24, 2.45) is 5.41 Å². The zero-order chi connectivity index (χ0) is 8.44. The number of aliphatic hydroxyl groups is 1. The average Bonchev–Trinajstić information content (AvgIpc) is 2.12. The van der Waals surface area contributed by atoms with Crippen LogP contribution in [0.4, 0.5) is 0 Å². The van der Waals surface area contributed by atoms with E-state index >= 15 is 0 Å². The number of rotatable bonds is 0. The smallest absolute Gasteiger partial charge is 0.0608 e. The van der Waals surface area contributed by atoms with Gasteiger partial charge in [-0.05, 0) is 32.2 Å². The molecule has 1 saturated carbocycles. The summed E-state index contributed by atoms with van der Waals surface area (Å²) in [4.78, 5) is 0. The molecular weight excluding hydrogens is 150 g/mol. The molecule has 70 valence electrons. The van der Waals surface area contributed by atoms with Gasteiger partial charge in [-0.25, -0.2) is 0 Å². The lowest BCUT2D eigenvalue weighted by atomic mass is 9.68. The van der Waals surface area contributed by atoms with Crippen LogP contribution in [0.5, 0.6) is 0 Å². The van der Waals surface area contributed by atoms with Crippen molar-refractivity contribution in [1.82, 2.24) is 5.32 Å². The predicted octanol–water partition coefficient (Wildman–Crippen LogP) is 1.29. The van der Waals surface area contributed by atoms with Crippen LogP contribution in [-0.4, -0.2) is 24.3 Å². The molecule has 2 rings (SSSR count). The van der Waals surface area contributed by atoms with Gasteiger partial charge in [0.2, 0.25) is 0 Å². The second-order valence-corrected chi connectivity index (χ2v) is 4.40. The molecule has 2 heteroatoms. The van der Waals surface area contributed by atoms with E-state index in [9.17, 15) is 5.11 Å². The molecule has 0 radical (unpaired) electrons. The highest BCUT2D eigenvalue weighted by molar-refractivity contribution is 4.93. The monoisotopic (exact) mass is 169 g/mol. The molecule has 0 amide bonds. The molecule has 1 heterocycles. The van der Waals surface area contributed by atoms with E-state index in [4.69, 9.17) is 0 Å². The zero-order valence-corrected chi connectivity index (χ0v) is 7.68. The lowest BCUT2D eigenvalue weighted by Gasteiger charge is -2.44. The summed E-state index contributed by atoms with van der Waals surface area (Å²) < 4.78 is 0. The van der Waals surface area contributed by atoms with Crippen molar-refractivity contribution < 1.29 is 5.11 Å². The highest BCUT2D eigenvalue weighted by atomic mass is 16.3. The maximum Gasteiger partial charge on any atom is 0.0608 e. The highest BCUT2D eigenvalue weighted by Gasteiger charge is 2.40. The zero-order valence-electron chi connectivity index (χ0n) is 7.68. The van der Waals surface area contributed by atoms with Crippen molar-refractivity contribution in [3.05, 3.63) is 0 Å². The second-order valence-electron chi connectivity index (χ2n) is 4.40. The molecule has 0 bridgehead atoms. The molecule has 2 atom stereocenters. The van der Waals surface area contributed by atoms with E-state index < -0.39 is 0 Å². The van der Waals surface area contributed by atoms with Crippen LogP contribution in [-0.2, 0) is 0 Å². The van der Waals surface area contributed by atoms with Crippen molar-refractivity contribution in [2.45, 2.75) is 44.6 Å². The number of aliphatic hydroxyl groups excluding tert-OH is 1. The van der Waals surface area contributed by atoms with Crippen molar-refractivity contribution in [3.63, 3.8) is 0 Å². The van der Waals surface area contributed by atoms with Crippen molar-refractivity contribution in [2.75, 3.05) is 13.1 Å². The first-order chi connectivity index (χ1) is 5.83. The molecule has 0 aromatic heterocycles. The molecule has 0 aromatic rings. The van der Waals surface area contributed by atoms with Crippen LogP contribution in [0.15, 0.2) is 0 Å². The number of hydrogen-bond acceptors (Lipinski definition) is 2. The molecule has 1 aliphatic heterocycles. The Labute approximate surface area is 74.4 Å². The van der Waals surface area contributed by atoms with Crippen molar-refractivity contribution >= 4 is 0 Å². The van der Waals surface area contributed by atoms with Crippen LogP contribution in [0.3, 0.4) is 0 Å². The van der Waals surface area contributed by atoms with E-state index in [1.807, 2.05) is 0 Å². The van der Waals surface area contributed by atoms with Crippen LogP contribution >= 0.6 is 0 Å². The molecule has 1 saturated heterocycles. The minimum atomic E-state index is -0.0287. The summed E-state index contributed by atoms with van der Waals surface area (Å²) in [6.07, 6.45) is 7.27. The summed E-state index contributed by atoms with van der Waals surface area (Å²) in [5.41, 5.74) is 0.260.